The van der Waals surface area contributed by atoms with Gasteiger partial charge in [0.15, 0.2) is 0 Å². The van der Waals surface area contributed by atoms with Gasteiger partial charge in [0.1, 0.15) is 30.7 Å². The average molecular weight is 304 g/mol. The number of nitrogens with zero attached hydrogens (tertiary/aromatic N) is 1. The number of carbonyl (C=O) groups is 1. The van der Waals surface area contributed by atoms with Crippen molar-refractivity contribution in [3.63, 3.8) is 0 Å². The van der Waals surface area contributed by atoms with Gasteiger partial charge < -0.3 is 20.1 Å². The van der Waals surface area contributed by atoms with Crippen LogP contribution in [-0.4, -0.2) is 31.8 Å². The topological polar surface area (TPSA) is 64.8 Å². The Morgan fingerprint density at radius 1 is 1.36 bits per heavy atom. The van der Waals surface area contributed by atoms with Crippen molar-refractivity contribution in [3.05, 3.63) is 18.2 Å². The summed E-state index contributed by atoms with van der Waals surface area (Å²) in [6.45, 7) is 3.70. The first-order valence-corrected chi connectivity index (χ1v) is 8.09. The van der Waals surface area contributed by atoms with Crippen LogP contribution in [0.4, 0.5) is 11.4 Å². The summed E-state index contributed by atoms with van der Waals surface area (Å²) in [5.74, 6) is 1.32. The highest BCUT2D eigenvalue weighted by Crippen LogP contribution is 2.36. The molecule has 1 aromatic rings. The van der Waals surface area contributed by atoms with Gasteiger partial charge in [-0.05, 0) is 43.7 Å². The molecule has 0 atom stereocenters. The van der Waals surface area contributed by atoms with Crippen LogP contribution in [0.2, 0.25) is 0 Å². The standard InChI is InChI=1S/C17H24N2O3/c1-12-5-7-13(8-6-12)22-16(20)11-19-9-10-21-15-4-2-3-14(18)17(15)19/h2-4,12-13H,5-11,18H2,1H3. The van der Waals surface area contributed by atoms with Crippen molar-refractivity contribution in [1.82, 2.24) is 0 Å². The van der Waals surface area contributed by atoms with E-state index in [-0.39, 0.29) is 18.6 Å². The average Bonchev–Trinajstić information content (AvgIpc) is 2.50. The number of hydrogen-bond donors (Lipinski definition) is 1. The molecular weight excluding hydrogens is 280 g/mol. The molecule has 120 valence electrons. The van der Waals surface area contributed by atoms with Crippen LogP contribution in [0.25, 0.3) is 0 Å². The molecule has 2 N–H and O–H groups in total. The highest BCUT2D eigenvalue weighted by Gasteiger charge is 2.26. The van der Waals surface area contributed by atoms with E-state index >= 15 is 0 Å². The third-order valence-corrected chi connectivity index (χ3v) is 4.55. The molecule has 0 spiro atoms. The second-order valence-corrected chi connectivity index (χ2v) is 6.34. The van der Waals surface area contributed by atoms with E-state index in [0.29, 0.717) is 18.8 Å². The summed E-state index contributed by atoms with van der Waals surface area (Å²) in [5, 5.41) is 0. The second kappa shape index (κ2) is 6.46. The summed E-state index contributed by atoms with van der Waals surface area (Å²) in [5.41, 5.74) is 7.48. The van der Waals surface area contributed by atoms with Crippen LogP contribution in [0.5, 0.6) is 5.75 Å². The smallest absolute Gasteiger partial charge is 0.325 e. The van der Waals surface area contributed by atoms with E-state index in [1.54, 1.807) is 0 Å². The number of rotatable bonds is 3. The number of anilines is 2. The third kappa shape index (κ3) is 3.29. The largest absolute Gasteiger partial charge is 0.489 e. The van der Waals surface area contributed by atoms with Gasteiger partial charge in [-0.3, -0.25) is 4.79 Å². The Labute approximate surface area is 131 Å². The quantitative estimate of drug-likeness (QED) is 0.687. The summed E-state index contributed by atoms with van der Waals surface area (Å²) in [7, 11) is 0. The van der Waals surface area contributed by atoms with Crippen LogP contribution >= 0.6 is 0 Å². The summed E-state index contributed by atoms with van der Waals surface area (Å²) in [6.07, 6.45) is 4.33. The number of fused-ring (bicyclic) bond motifs is 1. The molecule has 0 radical (unpaired) electrons. The van der Waals surface area contributed by atoms with Crippen LogP contribution in [0.3, 0.4) is 0 Å². The van der Waals surface area contributed by atoms with Crippen LogP contribution in [0.1, 0.15) is 32.6 Å². The molecule has 5 heteroatoms. The molecule has 1 aromatic carbocycles. The van der Waals surface area contributed by atoms with Crippen molar-refractivity contribution in [2.75, 3.05) is 30.3 Å². The van der Waals surface area contributed by atoms with E-state index in [9.17, 15) is 4.79 Å². The Balaban J connectivity index is 1.61. The van der Waals surface area contributed by atoms with Crippen molar-refractivity contribution in [2.24, 2.45) is 5.92 Å². The monoisotopic (exact) mass is 304 g/mol. The number of carbonyl (C=O) groups excluding carboxylic acids is 1. The summed E-state index contributed by atoms with van der Waals surface area (Å²) in [4.78, 5) is 14.2. The zero-order valence-corrected chi connectivity index (χ0v) is 13.1. The Bertz CT molecular complexity index is 539. The molecule has 1 aliphatic carbocycles. The molecule has 0 unspecified atom stereocenters. The lowest BCUT2D eigenvalue weighted by atomic mass is 9.89. The molecule has 1 fully saturated rings. The first-order chi connectivity index (χ1) is 10.6. The van der Waals surface area contributed by atoms with Crippen LogP contribution < -0.4 is 15.4 Å². The fourth-order valence-electron chi connectivity index (χ4n) is 3.26. The lowest BCUT2D eigenvalue weighted by molar-refractivity contribution is -0.149. The normalized spacial score (nSPS) is 24.3. The van der Waals surface area contributed by atoms with E-state index in [0.717, 1.165) is 43.0 Å². The van der Waals surface area contributed by atoms with E-state index in [1.807, 2.05) is 23.1 Å². The summed E-state index contributed by atoms with van der Waals surface area (Å²) >= 11 is 0. The summed E-state index contributed by atoms with van der Waals surface area (Å²) < 4.78 is 11.2. The van der Waals surface area contributed by atoms with Crippen molar-refractivity contribution >= 4 is 17.3 Å². The van der Waals surface area contributed by atoms with Crippen LogP contribution in [-0.2, 0) is 9.53 Å². The number of esters is 1. The number of nitrogen functional groups attached to an aromatic ring is 1. The van der Waals surface area contributed by atoms with Gasteiger partial charge in [0.05, 0.1) is 12.2 Å². The molecule has 0 aromatic heterocycles. The molecule has 1 aliphatic heterocycles. The zero-order chi connectivity index (χ0) is 15.5. The molecule has 2 aliphatic rings. The van der Waals surface area contributed by atoms with Gasteiger partial charge in [-0.25, -0.2) is 0 Å². The molecule has 0 saturated heterocycles. The van der Waals surface area contributed by atoms with Crippen molar-refractivity contribution in [1.29, 1.82) is 0 Å². The molecule has 3 rings (SSSR count). The number of hydrogen-bond acceptors (Lipinski definition) is 5. The predicted octanol–water partition coefficient (Wildman–Crippen LogP) is 2.59. The summed E-state index contributed by atoms with van der Waals surface area (Å²) in [6, 6.07) is 5.57. The molecule has 0 amide bonds. The molecular formula is C17H24N2O3. The molecule has 0 bridgehead atoms. The third-order valence-electron chi connectivity index (χ3n) is 4.55. The fourth-order valence-corrected chi connectivity index (χ4v) is 3.26. The SMILES string of the molecule is CC1CCC(OC(=O)CN2CCOc3cccc(N)c32)CC1. The van der Waals surface area contributed by atoms with Crippen molar-refractivity contribution in [2.45, 2.75) is 38.7 Å². The first-order valence-electron chi connectivity index (χ1n) is 8.09. The van der Waals surface area contributed by atoms with Gasteiger partial charge in [0, 0.05) is 0 Å². The van der Waals surface area contributed by atoms with E-state index in [2.05, 4.69) is 6.92 Å². The van der Waals surface area contributed by atoms with Crippen molar-refractivity contribution in [3.8, 4) is 5.75 Å². The van der Waals surface area contributed by atoms with E-state index in [1.165, 1.54) is 0 Å². The minimum absolute atomic E-state index is 0.0809. The van der Waals surface area contributed by atoms with Crippen LogP contribution in [0, 0.1) is 5.92 Å². The highest BCUT2D eigenvalue weighted by atomic mass is 16.5. The Hall–Kier alpha value is -1.91. The van der Waals surface area contributed by atoms with Gasteiger partial charge in [-0.15, -0.1) is 0 Å². The maximum absolute atomic E-state index is 12.2. The van der Waals surface area contributed by atoms with Gasteiger partial charge >= 0.3 is 5.97 Å². The van der Waals surface area contributed by atoms with E-state index in [4.69, 9.17) is 15.2 Å². The minimum atomic E-state index is -0.171. The zero-order valence-electron chi connectivity index (χ0n) is 13.1. The molecule has 1 saturated carbocycles. The Morgan fingerprint density at radius 2 is 2.14 bits per heavy atom. The fraction of sp³-hybridized carbons (Fsp3) is 0.588. The predicted molar refractivity (Wildman–Crippen MR) is 86.1 cm³/mol. The Kier molecular flexibility index (Phi) is 4.41. The number of nitrogens with two attached hydrogens (primary N) is 1. The first kappa shape index (κ1) is 15.0. The van der Waals surface area contributed by atoms with E-state index < -0.39 is 0 Å². The van der Waals surface area contributed by atoms with Gasteiger partial charge in [0.2, 0.25) is 0 Å². The van der Waals surface area contributed by atoms with Crippen molar-refractivity contribution < 1.29 is 14.3 Å². The molecule has 22 heavy (non-hydrogen) atoms. The second-order valence-electron chi connectivity index (χ2n) is 6.34. The number of para-hydroxylation sites is 1. The highest BCUT2D eigenvalue weighted by molar-refractivity contribution is 5.82. The number of ether oxygens (including phenoxy) is 2. The minimum Gasteiger partial charge on any atom is -0.489 e. The molecule has 5 nitrogen and oxygen atoms in total. The lowest BCUT2D eigenvalue weighted by Gasteiger charge is -2.32. The number of benzene rings is 1. The van der Waals surface area contributed by atoms with Gasteiger partial charge in [0.25, 0.3) is 0 Å². The Morgan fingerprint density at radius 3 is 2.91 bits per heavy atom. The van der Waals surface area contributed by atoms with Crippen LogP contribution in [0.15, 0.2) is 18.2 Å². The van der Waals surface area contributed by atoms with Gasteiger partial charge in [-0.2, -0.15) is 0 Å². The molecule has 1 heterocycles. The van der Waals surface area contributed by atoms with Gasteiger partial charge in [-0.1, -0.05) is 13.0 Å². The lowest BCUT2D eigenvalue weighted by Crippen LogP contribution is -2.39. The maximum Gasteiger partial charge on any atom is 0.325 e. The maximum atomic E-state index is 12.2.